The minimum atomic E-state index is -4.10. The highest BCUT2D eigenvalue weighted by atomic mass is 19.3. The molecular weight excluding hydrogens is 191 g/mol. The number of alkyl halides is 5. The molecule has 0 bridgehead atoms. The Balaban J connectivity index is 4.85. The van der Waals surface area contributed by atoms with E-state index in [4.69, 9.17) is 0 Å². The van der Waals surface area contributed by atoms with E-state index in [1.54, 1.807) is 0 Å². The smallest absolute Gasteiger partial charge is 0.234 e. The van der Waals surface area contributed by atoms with Gasteiger partial charge in [-0.05, 0) is 19.4 Å². The summed E-state index contributed by atoms with van der Waals surface area (Å²) in [4.78, 5) is 0. The van der Waals surface area contributed by atoms with Gasteiger partial charge in [0.2, 0.25) is 6.17 Å². The molecule has 1 atom stereocenters. The molecule has 5 heteroatoms. The maximum Gasteiger partial charge on any atom is 0.305 e. The first-order valence-electron chi connectivity index (χ1n) is 3.67. The largest absolute Gasteiger partial charge is 0.305 e. The van der Waals surface area contributed by atoms with Gasteiger partial charge in [-0.1, -0.05) is 6.08 Å². The van der Waals surface area contributed by atoms with Crippen molar-refractivity contribution in [3.63, 3.8) is 0 Å². The fraction of sp³-hybridized carbons (Fsp3) is 0.750. The van der Waals surface area contributed by atoms with Crippen molar-refractivity contribution >= 4 is 0 Å². The highest BCUT2D eigenvalue weighted by Crippen LogP contribution is 2.38. The quantitative estimate of drug-likeness (QED) is 0.484. The second kappa shape index (κ2) is 3.64. The Labute approximate surface area is 73.4 Å². The molecule has 0 aliphatic rings. The molecule has 0 nitrogen and oxygen atoms in total. The average molecular weight is 202 g/mol. The van der Waals surface area contributed by atoms with Gasteiger partial charge in [0.25, 0.3) is 5.92 Å². The Morgan fingerprint density at radius 3 is 1.85 bits per heavy atom. The lowest BCUT2D eigenvalue weighted by atomic mass is 10.0. The molecule has 0 N–H and O–H groups in total. The van der Waals surface area contributed by atoms with Crippen molar-refractivity contribution in [1.29, 1.82) is 0 Å². The van der Waals surface area contributed by atoms with Gasteiger partial charge in [0.05, 0.1) is 0 Å². The van der Waals surface area contributed by atoms with Gasteiger partial charge < -0.3 is 0 Å². The molecule has 0 saturated carbocycles. The summed E-state index contributed by atoms with van der Waals surface area (Å²) >= 11 is 0. The zero-order valence-electron chi connectivity index (χ0n) is 7.54. The molecule has 13 heavy (non-hydrogen) atoms. The zero-order chi connectivity index (χ0) is 10.9. The lowest BCUT2D eigenvalue weighted by Crippen LogP contribution is -2.43. The summed E-state index contributed by atoms with van der Waals surface area (Å²) < 4.78 is 62.6. The summed E-state index contributed by atoms with van der Waals surface area (Å²) in [6, 6.07) is 0. The Morgan fingerprint density at radius 1 is 1.23 bits per heavy atom. The van der Waals surface area contributed by atoms with Crippen molar-refractivity contribution in [1.82, 2.24) is 0 Å². The molecule has 0 aromatic rings. The van der Waals surface area contributed by atoms with Crippen LogP contribution >= 0.6 is 0 Å². The summed E-state index contributed by atoms with van der Waals surface area (Å²) in [5, 5.41) is 0. The lowest BCUT2D eigenvalue weighted by molar-refractivity contribution is -0.154. The molecule has 0 heterocycles. The average Bonchev–Trinajstić information content (AvgIpc) is 1.99. The molecule has 1 unspecified atom stereocenters. The molecule has 78 valence electrons. The summed E-state index contributed by atoms with van der Waals surface area (Å²) in [6.45, 7) is 2.29. The van der Waals surface area contributed by atoms with E-state index >= 15 is 0 Å². The predicted octanol–water partition coefficient (Wildman–Crippen LogP) is 3.58. The van der Waals surface area contributed by atoms with Crippen LogP contribution in [-0.4, -0.2) is 18.0 Å². The van der Waals surface area contributed by atoms with Crippen molar-refractivity contribution in [3.8, 4) is 0 Å². The molecule has 0 radical (unpaired) electrons. The van der Waals surface area contributed by atoms with Gasteiger partial charge in [0.15, 0.2) is 0 Å². The van der Waals surface area contributed by atoms with Crippen LogP contribution in [0.15, 0.2) is 11.6 Å². The number of hydrogen-bond donors (Lipinski definition) is 0. The van der Waals surface area contributed by atoms with Gasteiger partial charge >= 0.3 is 5.92 Å². The third kappa shape index (κ3) is 2.67. The highest BCUT2D eigenvalue weighted by molar-refractivity contribution is 5.13. The van der Waals surface area contributed by atoms with E-state index in [-0.39, 0.29) is 6.92 Å². The van der Waals surface area contributed by atoms with Crippen LogP contribution in [0.1, 0.15) is 20.8 Å². The number of halogens is 5. The van der Waals surface area contributed by atoms with E-state index in [9.17, 15) is 22.0 Å². The van der Waals surface area contributed by atoms with Crippen molar-refractivity contribution in [3.05, 3.63) is 11.6 Å². The fourth-order valence-corrected chi connectivity index (χ4v) is 0.711. The number of hydrogen-bond acceptors (Lipinski definition) is 0. The molecule has 0 rings (SSSR count). The van der Waals surface area contributed by atoms with Gasteiger partial charge in [-0.3, -0.25) is 0 Å². The Hall–Kier alpha value is -0.610. The number of rotatable bonds is 3. The van der Waals surface area contributed by atoms with Gasteiger partial charge in [0.1, 0.15) is 0 Å². The standard InChI is InChI=1S/C8H11F5/c1-4-5(2)8(12,13)6(9)7(3,10)11/h4,6H,1-3H3/b5-4-. The number of allylic oxidation sites excluding steroid dienone is 2. The second-order valence-electron chi connectivity index (χ2n) is 2.91. The van der Waals surface area contributed by atoms with Crippen molar-refractivity contribution < 1.29 is 22.0 Å². The highest BCUT2D eigenvalue weighted by Gasteiger charge is 2.53. The van der Waals surface area contributed by atoms with Gasteiger partial charge in [0, 0.05) is 6.92 Å². The van der Waals surface area contributed by atoms with E-state index in [0.29, 0.717) is 0 Å². The Kier molecular flexibility index (Phi) is 3.47. The van der Waals surface area contributed by atoms with Crippen molar-refractivity contribution in [2.75, 3.05) is 0 Å². The summed E-state index contributed by atoms with van der Waals surface area (Å²) in [5.74, 6) is -8.14. The fourth-order valence-electron chi connectivity index (χ4n) is 0.711. The summed E-state index contributed by atoms with van der Waals surface area (Å²) in [7, 11) is 0. The van der Waals surface area contributed by atoms with Crippen molar-refractivity contribution in [2.24, 2.45) is 0 Å². The second-order valence-corrected chi connectivity index (χ2v) is 2.91. The first-order valence-corrected chi connectivity index (χ1v) is 3.67. The van der Waals surface area contributed by atoms with Gasteiger partial charge in [-0.15, -0.1) is 0 Å². The van der Waals surface area contributed by atoms with Crippen molar-refractivity contribution in [2.45, 2.75) is 38.8 Å². The maximum atomic E-state index is 12.8. The molecular formula is C8H11F5. The van der Waals surface area contributed by atoms with Crippen LogP contribution in [0.3, 0.4) is 0 Å². The molecule has 0 aromatic carbocycles. The molecule has 0 fully saturated rings. The molecule has 0 saturated heterocycles. The monoisotopic (exact) mass is 202 g/mol. The van der Waals surface area contributed by atoms with E-state index in [0.717, 1.165) is 13.0 Å². The predicted molar refractivity (Wildman–Crippen MR) is 39.9 cm³/mol. The lowest BCUT2D eigenvalue weighted by Gasteiger charge is -2.25. The zero-order valence-corrected chi connectivity index (χ0v) is 7.54. The summed E-state index contributed by atoms with van der Waals surface area (Å²) in [6.07, 6.45) is -2.56. The van der Waals surface area contributed by atoms with Crippen LogP contribution < -0.4 is 0 Å². The molecule has 0 aliphatic carbocycles. The molecule has 0 aliphatic heterocycles. The minimum Gasteiger partial charge on any atom is -0.234 e. The maximum absolute atomic E-state index is 12.8. The first-order chi connectivity index (χ1) is 5.64. The van der Waals surface area contributed by atoms with Gasteiger partial charge in [-0.2, -0.15) is 8.78 Å². The third-order valence-electron chi connectivity index (χ3n) is 1.72. The van der Waals surface area contributed by atoms with E-state index < -0.39 is 23.6 Å². The van der Waals surface area contributed by atoms with E-state index in [1.807, 2.05) is 0 Å². The normalized spacial score (nSPS) is 17.4. The van der Waals surface area contributed by atoms with Crippen LogP contribution in [0.25, 0.3) is 0 Å². The SMILES string of the molecule is C/C=C(/C)C(F)(F)C(F)C(C)(F)F. The third-order valence-corrected chi connectivity index (χ3v) is 1.72. The first kappa shape index (κ1) is 12.4. The van der Waals surface area contributed by atoms with Crippen LogP contribution in [0.4, 0.5) is 22.0 Å². The Bertz CT molecular complexity index is 201. The summed E-state index contributed by atoms with van der Waals surface area (Å²) in [5.41, 5.74) is -0.693. The topological polar surface area (TPSA) is 0 Å². The Morgan fingerprint density at radius 2 is 1.62 bits per heavy atom. The van der Waals surface area contributed by atoms with E-state index in [1.165, 1.54) is 6.92 Å². The van der Waals surface area contributed by atoms with Crippen LogP contribution in [0.2, 0.25) is 0 Å². The van der Waals surface area contributed by atoms with Crippen LogP contribution in [-0.2, 0) is 0 Å². The molecule has 0 spiro atoms. The minimum absolute atomic E-state index is 0.133. The van der Waals surface area contributed by atoms with E-state index in [2.05, 4.69) is 0 Å². The van der Waals surface area contributed by atoms with Crippen LogP contribution in [0.5, 0.6) is 0 Å². The van der Waals surface area contributed by atoms with Crippen LogP contribution in [0, 0.1) is 0 Å². The van der Waals surface area contributed by atoms with Gasteiger partial charge in [-0.25, -0.2) is 13.2 Å². The molecule has 0 amide bonds. The molecule has 0 aromatic heterocycles.